The molecule has 4 N–H and O–H groups in total. The van der Waals surface area contributed by atoms with Gasteiger partial charge in [-0.2, -0.15) is 0 Å². The van der Waals surface area contributed by atoms with Crippen LogP contribution in [0.2, 0.25) is 0 Å². The fraction of sp³-hybridized carbons (Fsp3) is 0.400. The van der Waals surface area contributed by atoms with Crippen molar-refractivity contribution in [3.63, 3.8) is 0 Å². The van der Waals surface area contributed by atoms with Gasteiger partial charge in [-0.25, -0.2) is 0 Å². The Morgan fingerprint density at radius 3 is 2.86 bits per heavy atom. The van der Waals surface area contributed by atoms with Crippen LogP contribution in [0.25, 0.3) is 0 Å². The van der Waals surface area contributed by atoms with Crippen molar-refractivity contribution >= 4 is 18.1 Å². The maximum atomic E-state index is 5.93. The molecule has 0 aromatic heterocycles. The van der Waals surface area contributed by atoms with Crippen LogP contribution in [0.15, 0.2) is 12.1 Å². The molecule has 0 amide bonds. The Morgan fingerprint density at radius 2 is 2.14 bits per heavy atom. The van der Waals surface area contributed by atoms with E-state index < -0.39 is 0 Å². The Balaban J connectivity index is 0.000000980. The van der Waals surface area contributed by atoms with E-state index in [2.05, 4.69) is 0 Å². The average Bonchev–Trinajstić information content (AvgIpc) is 2.12. The van der Waals surface area contributed by atoms with Crippen LogP contribution in [-0.4, -0.2) is 6.61 Å². The lowest BCUT2D eigenvalue weighted by Crippen LogP contribution is -2.21. The second kappa shape index (κ2) is 4.07. The minimum absolute atomic E-state index is 0. The Morgan fingerprint density at radius 1 is 1.43 bits per heavy atom. The van der Waals surface area contributed by atoms with Crippen molar-refractivity contribution in [3.05, 3.63) is 23.3 Å². The molecule has 0 fully saturated rings. The van der Waals surface area contributed by atoms with E-state index in [9.17, 15) is 0 Å². The molecule has 1 aliphatic heterocycles. The molecule has 3 nitrogen and oxygen atoms in total. The Hall–Kier alpha value is -0.930. The first-order valence-electron chi connectivity index (χ1n) is 4.47. The lowest BCUT2D eigenvalue weighted by molar-refractivity contribution is 0.270. The van der Waals surface area contributed by atoms with Gasteiger partial charge in [-0.05, 0) is 12.5 Å². The summed E-state index contributed by atoms with van der Waals surface area (Å²) in [5, 5.41) is 0. The zero-order chi connectivity index (χ0) is 9.42. The van der Waals surface area contributed by atoms with Gasteiger partial charge in [0.15, 0.2) is 0 Å². The summed E-state index contributed by atoms with van der Waals surface area (Å²) in [7, 11) is 0. The standard InChI is InChI=1S/C10H14N2O.ClH/c1-6-2-3-7-8(11)4-5-13-10(7)9(6)12;/h2-3,8H,4-5,11-12H2,1H3;1H/t8-;/m0./s1. The van der Waals surface area contributed by atoms with Crippen LogP contribution < -0.4 is 16.2 Å². The zero-order valence-corrected chi connectivity index (χ0v) is 8.93. The number of rotatable bonds is 0. The molecule has 14 heavy (non-hydrogen) atoms. The number of aryl methyl sites for hydroxylation is 1. The van der Waals surface area contributed by atoms with E-state index >= 15 is 0 Å². The fourth-order valence-corrected chi connectivity index (χ4v) is 1.61. The van der Waals surface area contributed by atoms with Crippen LogP contribution in [0.5, 0.6) is 5.75 Å². The molecule has 0 unspecified atom stereocenters. The number of ether oxygens (including phenoxy) is 1. The van der Waals surface area contributed by atoms with Gasteiger partial charge in [0.2, 0.25) is 0 Å². The second-order valence-electron chi connectivity index (χ2n) is 3.46. The topological polar surface area (TPSA) is 61.3 Å². The van der Waals surface area contributed by atoms with Gasteiger partial charge in [-0.15, -0.1) is 12.4 Å². The second-order valence-corrected chi connectivity index (χ2v) is 3.46. The summed E-state index contributed by atoms with van der Waals surface area (Å²) in [5.74, 6) is 0.791. The van der Waals surface area contributed by atoms with Crippen molar-refractivity contribution in [1.29, 1.82) is 0 Å². The molecule has 0 bridgehead atoms. The van der Waals surface area contributed by atoms with Gasteiger partial charge in [0.25, 0.3) is 0 Å². The van der Waals surface area contributed by atoms with Crippen molar-refractivity contribution in [2.75, 3.05) is 12.3 Å². The lowest BCUT2D eigenvalue weighted by Gasteiger charge is -2.24. The highest BCUT2D eigenvalue weighted by Gasteiger charge is 2.20. The van der Waals surface area contributed by atoms with E-state index in [0.717, 1.165) is 29.0 Å². The number of halogens is 1. The van der Waals surface area contributed by atoms with E-state index in [-0.39, 0.29) is 18.4 Å². The van der Waals surface area contributed by atoms with E-state index in [1.807, 2.05) is 19.1 Å². The van der Waals surface area contributed by atoms with Crippen molar-refractivity contribution in [3.8, 4) is 5.75 Å². The molecule has 1 atom stereocenters. The molecular formula is C10H15ClN2O. The Bertz CT molecular complexity index is 341. The molecule has 0 spiro atoms. The molecule has 0 aliphatic carbocycles. The highest BCUT2D eigenvalue weighted by molar-refractivity contribution is 5.85. The number of hydrogen-bond acceptors (Lipinski definition) is 3. The quantitative estimate of drug-likeness (QED) is 0.648. The Labute approximate surface area is 89.8 Å². The highest BCUT2D eigenvalue weighted by Crippen LogP contribution is 2.36. The van der Waals surface area contributed by atoms with Crippen LogP contribution in [0.1, 0.15) is 23.6 Å². The third-order valence-corrected chi connectivity index (χ3v) is 2.52. The first-order chi connectivity index (χ1) is 6.20. The number of nitrogen functional groups attached to an aromatic ring is 1. The van der Waals surface area contributed by atoms with Crippen LogP contribution in [0, 0.1) is 6.92 Å². The maximum absolute atomic E-state index is 5.93. The molecule has 1 aromatic carbocycles. The minimum atomic E-state index is 0. The predicted molar refractivity (Wildman–Crippen MR) is 59.9 cm³/mol. The normalized spacial score (nSPS) is 19.1. The van der Waals surface area contributed by atoms with Crippen LogP contribution in [0.4, 0.5) is 5.69 Å². The first-order valence-corrected chi connectivity index (χ1v) is 4.47. The third-order valence-electron chi connectivity index (χ3n) is 2.52. The van der Waals surface area contributed by atoms with Gasteiger partial charge < -0.3 is 16.2 Å². The molecule has 4 heteroatoms. The summed E-state index contributed by atoms with van der Waals surface area (Å²) in [6.45, 7) is 2.64. The van der Waals surface area contributed by atoms with E-state index in [0.29, 0.717) is 6.61 Å². The van der Waals surface area contributed by atoms with Crippen LogP contribution in [0.3, 0.4) is 0 Å². The largest absolute Gasteiger partial charge is 0.491 e. The van der Waals surface area contributed by atoms with Gasteiger partial charge in [0, 0.05) is 18.0 Å². The van der Waals surface area contributed by atoms with Gasteiger partial charge >= 0.3 is 0 Å². The van der Waals surface area contributed by atoms with Crippen molar-refractivity contribution in [2.24, 2.45) is 5.73 Å². The van der Waals surface area contributed by atoms with Gasteiger partial charge in [0.05, 0.1) is 12.3 Å². The molecule has 0 saturated carbocycles. The SMILES string of the molecule is Cc1ccc2c(c1N)OCC[C@@H]2N.Cl. The molecule has 1 aliphatic rings. The summed E-state index contributed by atoms with van der Waals surface area (Å²) < 4.78 is 5.50. The summed E-state index contributed by atoms with van der Waals surface area (Å²) in [4.78, 5) is 0. The number of hydrogen-bond donors (Lipinski definition) is 2. The van der Waals surface area contributed by atoms with Gasteiger partial charge in [-0.3, -0.25) is 0 Å². The van der Waals surface area contributed by atoms with E-state index in [4.69, 9.17) is 16.2 Å². The van der Waals surface area contributed by atoms with E-state index in [1.54, 1.807) is 0 Å². The maximum Gasteiger partial charge on any atom is 0.147 e. The third kappa shape index (κ3) is 1.65. The zero-order valence-electron chi connectivity index (χ0n) is 8.12. The number of fused-ring (bicyclic) bond motifs is 1. The smallest absolute Gasteiger partial charge is 0.147 e. The molecule has 78 valence electrons. The molecule has 0 radical (unpaired) electrons. The van der Waals surface area contributed by atoms with Crippen molar-refractivity contribution in [1.82, 2.24) is 0 Å². The summed E-state index contributed by atoms with van der Waals surface area (Å²) >= 11 is 0. The molecule has 0 saturated heterocycles. The molecule has 1 heterocycles. The number of anilines is 1. The average molecular weight is 215 g/mol. The molecule has 1 aromatic rings. The monoisotopic (exact) mass is 214 g/mol. The first kappa shape index (κ1) is 11.1. The summed E-state index contributed by atoms with van der Waals surface area (Å²) in [6.07, 6.45) is 0.871. The molecular weight excluding hydrogens is 200 g/mol. The summed E-state index contributed by atoms with van der Waals surface area (Å²) in [6, 6.07) is 4.07. The number of benzene rings is 1. The fourth-order valence-electron chi connectivity index (χ4n) is 1.61. The van der Waals surface area contributed by atoms with Crippen molar-refractivity contribution in [2.45, 2.75) is 19.4 Å². The Kier molecular flexibility index (Phi) is 3.24. The number of nitrogens with two attached hydrogens (primary N) is 2. The van der Waals surface area contributed by atoms with Crippen molar-refractivity contribution < 1.29 is 4.74 Å². The van der Waals surface area contributed by atoms with E-state index in [1.165, 1.54) is 0 Å². The van der Waals surface area contributed by atoms with Crippen LogP contribution in [-0.2, 0) is 0 Å². The predicted octanol–water partition coefficient (Wildman–Crippen LogP) is 1.78. The van der Waals surface area contributed by atoms with Crippen LogP contribution >= 0.6 is 12.4 Å². The lowest BCUT2D eigenvalue weighted by atomic mass is 9.98. The minimum Gasteiger partial charge on any atom is -0.491 e. The van der Waals surface area contributed by atoms with Gasteiger partial charge in [-0.1, -0.05) is 12.1 Å². The highest BCUT2D eigenvalue weighted by atomic mass is 35.5. The molecule has 2 rings (SSSR count). The van der Waals surface area contributed by atoms with Gasteiger partial charge in [0.1, 0.15) is 5.75 Å². The summed E-state index contributed by atoms with van der Waals surface area (Å²) in [5.41, 5.74) is 14.6.